The normalized spacial score (nSPS) is 11.8. The Kier molecular flexibility index (Phi) is 4.65. The summed E-state index contributed by atoms with van der Waals surface area (Å²) in [7, 11) is 1.52. The van der Waals surface area contributed by atoms with Crippen molar-refractivity contribution in [3.8, 4) is 5.75 Å². The summed E-state index contributed by atoms with van der Waals surface area (Å²) in [6, 6.07) is 7.85. The number of amides is 1. The molecule has 1 atom stereocenters. The maximum absolute atomic E-state index is 12.2. The van der Waals surface area contributed by atoms with Crippen LogP contribution in [-0.4, -0.2) is 23.9 Å². The average molecular weight is 307 g/mol. The number of nitrogens with one attached hydrogen (secondary N) is 1. The Morgan fingerprint density at radius 2 is 2.19 bits per heavy atom. The van der Waals surface area contributed by atoms with Gasteiger partial charge in [-0.1, -0.05) is 11.6 Å². The van der Waals surface area contributed by atoms with Gasteiger partial charge < -0.3 is 14.6 Å². The van der Waals surface area contributed by atoms with Crippen LogP contribution >= 0.6 is 11.6 Å². The van der Waals surface area contributed by atoms with Gasteiger partial charge in [0.2, 0.25) is 5.91 Å². The van der Waals surface area contributed by atoms with E-state index < -0.39 is 6.04 Å². The van der Waals surface area contributed by atoms with Crippen molar-refractivity contribution >= 4 is 29.5 Å². The number of benzene rings is 1. The Bertz CT molecular complexity index is 667. The summed E-state index contributed by atoms with van der Waals surface area (Å²) in [4.78, 5) is 23.1. The number of carbonyl (C=O) groups excluding carboxylic acids is 2. The standard InChI is InChI=1S/C15H15ClN2O3/c1-10(18-7-3-4-12(18)9-19)15(20)17-11-5-6-14(21-2)13(16)8-11/h3-10H,1-2H3,(H,17,20). The number of halogens is 1. The monoisotopic (exact) mass is 306 g/mol. The van der Waals surface area contributed by atoms with Crippen molar-refractivity contribution in [2.75, 3.05) is 12.4 Å². The molecule has 0 saturated carbocycles. The van der Waals surface area contributed by atoms with Crippen LogP contribution in [0.3, 0.4) is 0 Å². The minimum atomic E-state index is -0.513. The first-order valence-electron chi connectivity index (χ1n) is 6.33. The van der Waals surface area contributed by atoms with E-state index in [2.05, 4.69) is 5.32 Å². The molecule has 110 valence electrons. The molecule has 1 amide bonds. The van der Waals surface area contributed by atoms with E-state index in [0.29, 0.717) is 28.4 Å². The maximum Gasteiger partial charge on any atom is 0.247 e. The van der Waals surface area contributed by atoms with E-state index in [9.17, 15) is 9.59 Å². The molecule has 1 heterocycles. The van der Waals surface area contributed by atoms with E-state index in [0.717, 1.165) is 0 Å². The summed E-state index contributed by atoms with van der Waals surface area (Å²) < 4.78 is 6.66. The van der Waals surface area contributed by atoms with Gasteiger partial charge in [-0.15, -0.1) is 0 Å². The lowest BCUT2D eigenvalue weighted by molar-refractivity contribution is -0.118. The molecular formula is C15H15ClN2O3. The van der Waals surface area contributed by atoms with Crippen LogP contribution in [0.2, 0.25) is 5.02 Å². The van der Waals surface area contributed by atoms with Gasteiger partial charge in [0.1, 0.15) is 11.8 Å². The van der Waals surface area contributed by atoms with E-state index in [1.807, 2.05) is 0 Å². The van der Waals surface area contributed by atoms with Crippen LogP contribution in [0.5, 0.6) is 5.75 Å². The highest BCUT2D eigenvalue weighted by molar-refractivity contribution is 6.32. The first kappa shape index (κ1) is 15.1. The van der Waals surface area contributed by atoms with Crippen molar-refractivity contribution < 1.29 is 14.3 Å². The van der Waals surface area contributed by atoms with Crippen molar-refractivity contribution in [1.29, 1.82) is 0 Å². The molecule has 21 heavy (non-hydrogen) atoms. The first-order chi connectivity index (χ1) is 10.1. The summed E-state index contributed by atoms with van der Waals surface area (Å²) in [5.74, 6) is 0.298. The third-order valence-corrected chi connectivity index (χ3v) is 3.44. The number of ether oxygens (including phenoxy) is 1. The largest absolute Gasteiger partial charge is 0.495 e. The number of hydrogen-bond acceptors (Lipinski definition) is 3. The summed E-state index contributed by atoms with van der Waals surface area (Å²) in [5, 5.41) is 3.17. The number of nitrogens with zero attached hydrogens (tertiary/aromatic N) is 1. The van der Waals surface area contributed by atoms with E-state index in [1.54, 1.807) is 48.0 Å². The van der Waals surface area contributed by atoms with Gasteiger partial charge in [-0.25, -0.2) is 0 Å². The molecule has 6 heteroatoms. The minimum absolute atomic E-state index is 0.240. The smallest absolute Gasteiger partial charge is 0.247 e. The SMILES string of the molecule is COc1ccc(NC(=O)C(C)n2cccc2C=O)cc1Cl. The number of anilines is 1. The first-order valence-corrected chi connectivity index (χ1v) is 6.71. The lowest BCUT2D eigenvalue weighted by atomic mass is 10.2. The summed E-state index contributed by atoms with van der Waals surface area (Å²) in [6.07, 6.45) is 2.41. The molecule has 2 rings (SSSR count). The van der Waals surface area contributed by atoms with Crippen LogP contribution in [0.1, 0.15) is 23.5 Å². The molecule has 5 nitrogen and oxygen atoms in total. The molecule has 0 aliphatic carbocycles. The van der Waals surface area contributed by atoms with Gasteiger partial charge in [0.15, 0.2) is 6.29 Å². The number of rotatable bonds is 5. The number of methoxy groups -OCH3 is 1. The predicted molar refractivity (Wildman–Crippen MR) is 81.2 cm³/mol. The third-order valence-electron chi connectivity index (χ3n) is 3.15. The van der Waals surface area contributed by atoms with Crippen LogP contribution < -0.4 is 10.1 Å². The molecule has 0 saturated heterocycles. The lowest BCUT2D eigenvalue weighted by Gasteiger charge is -2.16. The average Bonchev–Trinajstić information content (AvgIpc) is 2.95. The van der Waals surface area contributed by atoms with Crippen LogP contribution in [0.4, 0.5) is 5.69 Å². The Hall–Kier alpha value is -2.27. The summed E-state index contributed by atoms with van der Waals surface area (Å²) >= 11 is 6.01. The molecule has 2 aromatic rings. The number of carbonyl (C=O) groups is 2. The Balaban J connectivity index is 2.14. The van der Waals surface area contributed by atoms with Crippen molar-refractivity contribution in [3.05, 3.63) is 47.2 Å². The third kappa shape index (κ3) is 3.25. The number of aromatic nitrogens is 1. The zero-order valence-corrected chi connectivity index (χ0v) is 12.4. The second-order valence-electron chi connectivity index (χ2n) is 4.47. The highest BCUT2D eigenvalue weighted by atomic mass is 35.5. The Labute approximate surface area is 127 Å². The fourth-order valence-corrected chi connectivity index (χ4v) is 2.23. The molecule has 0 fully saturated rings. The van der Waals surface area contributed by atoms with Gasteiger partial charge in [-0.2, -0.15) is 0 Å². The molecule has 0 spiro atoms. The molecule has 1 aromatic heterocycles. The number of hydrogen-bond donors (Lipinski definition) is 1. The van der Waals surface area contributed by atoms with Crippen LogP contribution in [-0.2, 0) is 4.79 Å². The predicted octanol–water partition coefficient (Wildman–Crippen LogP) is 3.16. The fraction of sp³-hybridized carbons (Fsp3) is 0.200. The lowest BCUT2D eigenvalue weighted by Crippen LogP contribution is -2.24. The van der Waals surface area contributed by atoms with E-state index >= 15 is 0 Å². The van der Waals surface area contributed by atoms with Gasteiger partial charge in [0.25, 0.3) is 0 Å². The van der Waals surface area contributed by atoms with Gasteiger partial charge >= 0.3 is 0 Å². The van der Waals surface area contributed by atoms with Gasteiger partial charge in [0, 0.05) is 11.9 Å². The Morgan fingerprint density at radius 1 is 1.43 bits per heavy atom. The van der Waals surface area contributed by atoms with E-state index in [1.165, 1.54) is 7.11 Å². The zero-order chi connectivity index (χ0) is 15.4. The Morgan fingerprint density at radius 3 is 2.81 bits per heavy atom. The maximum atomic E-state index is 12.2. The highest BCUT2D eigenvalue weighted by Crippen LogP contribution is 2.27. The van der Waals surface area contributed by atoms with Crippen LogP contribution in [0.15, 0.2) is 36.5 Å². The van der Waals surface area contributed by atoms with Crippen molar-refractivity contribution in [3.63, 3.8) is 0 Å². The quantitative estimate of drug-likeness (QED) is 0.863. The van der Waals surface area contributed by atoms with Crippen LogP contribution in [0.25, 0.3) is 0 Å². The van der Waals surface area contributed by atoms with Gasteiger partial charge in [-0.05, 0) is 37.3 Å². The minimum Gasteiger partial charge on any atom is -0.495 e. The van der Waals surface area contributed by atoms with Crippen molar-refractivity contribution in [2.24, 2.45) is 0 Å². The zero-order valence-electron chi connectivity index (χ0n) is 11.7. The second-order valence-corrected chi connectivity index (χ2v) is 4.88. The highest BCUT2D eigenvalue weighted by Gasteiger charge is 2.17. The van der Waals surface area contributed by atoms with Crippen molar-refractivity contribution in [1.82, 2.24) is 4.57 Å². The topological polar surface area (TPSA) is 60.3 Å². The molecule has 1 aromatic carbocycles. The van der Waals surface area contributed by atoms with Crippen LogP contribution in [0, 0.1) is 0 Å². The molecule has 1 N–H and O–H groups in total. The van der Waals surface area contributed by atoms with Gasteiger partial charge in [0.05, 0.1) is 17.8 Å². The summed E-state index contributed by atoms with van der Waals surface area (Å²) in [6.45, 7) is 1.72. The summed E-state index contributed by atoms with van der Waals surface area (Å²) in [5.41, 5.74) is 1.02. The van der Waals surface area contributed by atoms with Crippen molar-refractivity contribution in [2.45, 2.75) is 13.0 Å². The fourth-order valence-electron chi connectivity index (χ4n) is 1.98. The number of aldehydes is 1. The molecular weight excluding hydrogens is 292 g/mol. The molecule has 0 bridgehead atoms. The van der Waals surface area contributed by atoms with E-state index in [4.69, 9.17) is 16.3 Å². The molecule has 1 unspecified atom stereocenters. The second kappa shape index (κ2) is 6.45. The molecule has 0 aliphatic heterocycles. The molecule has 0 aliphatic rings. The van der Waals surface area contributed by atoms with E-state index in [-0.39, 0.29) is 5.91 Å². The molecule has 0 radical (unpaired) electrons. The van der Waals surface area contributed by atoms with Gasteiger partial charge in [-0.3, -0.25) is 9.59 Å².